The number of rotatable bonds is 3. The van der Waals surface area contributed by atoms with Crippen LogP contribution in [0.5, 0.6) is 0 Å². The lowest BCUT2D eigenvalue weighted by atomic mass is 9.92. The Morgan fingerprint density at radius 2 is 1.89 bits per heavy atom. The fourth-order valence-electron chi connectivity index (χ4n) is 2.43. The molecule has 0 spiro atoms. The van der Waals surface area contributed by atoms with Gasteiger partial charge in [0.2, 0.25) is 10.0 Å². The maximum absolute atomic E-state index is 12.5. The van der Waals surface area contributed by atoms with Crippen LogP contribution in [0.4, 0.5) is 0 Å². The fraction of sp³-hybridized carbons (Fsp3) is 0.538. The Labute approximate surface area is 123 Å². The van der Waals surface area contributed by atoms with E-state index in [9.17, 15) is 8.42 Å². The predicted octanol–water partition coefficient (Wildman–Crippen LogP) is 2.20. The third kappa shape index (κ3) is 3.18. The van der Waals surface area contributed by atoms with E-state index in [2.05, 4.69) is 15.9 Å². The molecule has 1 saturated heterocycles. The fourth-order valence-corrected chi connectivity index (χ4v) is 4.87. The molecule has 2 N–H and O–H groups in total. The van der Waals surface area contributed by atoms with Crippen LogP contribution in [0.3, 0.4) is 0 Å². The minimum absolute atomic E-state index is 0.133. The topological polar surface area (TPSA) is 63.4 Å². The molecular weight excluding hydrogens is 328 g/mol. The molecule has 0 saturated carbocycles. The second-order valence-electron chi connectivity index (χ2n) is 5.03. The largest absolute Gasteiger partial charge is 0.328 e. The molecule has 1 heterocycles. The number of piperidine rings is 1. The number of nitrogens with two attached hydrogens (primary N) is 1. The first-order chi connectivity index (χ1) is 8.93. The van der Waals surface area contributed by atoms with Crippen molar-refractivity contribution >= 4 is 26.0 Å². The Morgan fingerprint density at radius 1 is 1.32 bits per heavy atom. The molecular formula is C13H19BrN2O2S. The molecule has 0 radical (unpaired) electrons. The third-order valence-corrected chi connectivity index (χ3v) is 6.61. The van der Waals surface area contributed by atoms with Crippen molar-refractivity contribution in [3.8, 4) is 0 Å². The highest BCUT2D eigenvalue weighted by atomic mass is 79.9. The molecule has 6 heteroatoms. The van der Waals surface area contributed by atoms with E-state index in [0.29, 0.717) is 28.4 Å². The molecule has 106 valence electrons. The molecule has 4 nitrogen and oxygen atoms in total. The van der Waals surface area contributed by atoms with Gasteiger partial charge in [0.1, 0.15) is 0 Å². The molecule has 19 heavy (non-hydrogen) atoms. The summed E-state index contributed by atoms with van der Waals surface area (Å²) in [4.78, 5) is 0.342. The highest BCUT2D eigenvalue weighted by molar-refractivity contribution is 9.10. The summed E-state index contributed by atoms with van der Waals surface area (Å²) in [7, 11) is -3.40. The van der Waals surface area contributed by atoms with Crippen LogP contribution in [-0.2, 0) is 10.0 Å². The van der Waals surface area contributed by atoms with E-state index in [4.69, 9.17) is 5.73 Å². The van der Waals surface area contributed by atoms with Crippen LogP contribution in [0.1, 0.15) is 19.8 Å². The minimum atomic E-state index is -3.40. The van der Waals surface area contributed by atoms with Crippen LogP contribution < -0.4 is 5.73 Å². The molecule has 0 aliphatic carbocycles. The van der Waals surface area contributed by atoms with Crippen LogP contribution in [0.15, 0.2) is 33.6 Å². The zero-order chi connectivity index (χ0) is 14.0. The van der Waals surface area contributed by atoms with Gasteiger partial charge >= 0.3 is 0 Å². The van der Waals surface area contributed by atoms with Gasteiger partial charge in [-0.25, -0.2) is 8.42 Å². The number of halogens is 1. The van der Waals surface area contributed by atoms with Gasteiger partial charge in [0.25, 0.3) is 0 Å². The first-order valence-electron chi connectivity index (χ1n) is 6.43. The molecule has 0 amide bonds. The summed E-state index contributed by atoms with van der Waals surface area (Å²) in [5.74, 6) is 0.422. The smallest absolute Gasteiger partial charge is 0.244 e. The summed E-state index contributed by atoms with van der Waals surface area (Å²) in [6.45, 7) is 3.09. The Hall–Kier alpha value is -0.430. The second kappa shape index (κ2) is 5.91. The zero-order valence-electron chi connectivity index (χ0n) is 10.9. The maximum Gasteiger partial charge on any atom is 0.244 e. The number of sulfonamides is 1. The molecule has 0 bridgehead atoms. The summed E-state index contributed by atoms with van der Waals surface area (Å²) in [5.41, 5.74) is 5.88. The normalized spacial score (nSPS) is 20.4. The zero-order valence-corrected chi connectivity index (χ0v) is 13.3. The van der Waals surface area contributed by atoms with Gasteiger partial charge < -0.3 is 5.73 Å². The Morgan fingerprint density at radius 3 is 2.42 bits per heavy atom. The van der Waals surface area contributed by atoms with Crippen molar-refractivity contribution in [3.05, 3.63) is 28.7 Å². The van der Waals surface area contributed by atoms with Crippen LogP contribution in [0, 0.1) is 5.92 Å². The van der Waals surface area contributed by atoms with E-state index in [-0.39, 0.29) is 6.04 Å². The Kier molecular flexibility index (Phi) is 4.66. The predicted molar refractivity (Wildman–Crippen MR) is 79.3 cm³/mol. The summed E-state index contributed by atoms with van der Waals surface area (Å²) >= 11 is 3.31. The van der Waals surface area contributed by atoms with Gasteiger partial charge in [-0.05, 0) is 53.7 Å². The van der Waals surface area contributed by atoms with Gasteiger partial charge in [-0.15, -0.1) is 0 Å². The maximum atomic E-state index is 12.5. The summed E-state index contributed by atoms with van der Waals surface area (Å²) in [5, 5.41) is 0. The van der Waals surface area contributed by atoms with E-state index < -0.39 is 10.0 Å². The quantitative estimate of drug-likeness (QED) is 0.912. The molecule has 1 atom stereocenters. The molecule has 2 rings (SSSR count). The number of benzene rings is 1. The first kappa shape index (κ1) is 15.0. The second-order valence-corrected chi connectivity index (χ2v) is 7.79. The SMILES string of the molecule is CC(N)C1CCN(S(=O)(=O)c2ccccc2Br)CC1. The highest BCUT2D eigenvalue weighted by Gasteiger charge is 2.31. The lowest BCUT2D eigenvalue weighted by Crippen LogP contribution is -2.42. The van der Waals surface area contributed by atoms with Crippen molar-refractivity contribution in [2.24, 2.45) is 11.7 Å². The van der Waals surface area contributed by atoms with Crippen LogP contribution >= 0.6 is 15.9 Å². The number of hydrogen-bond acceptors (Lipinski definition) is 3. The van der Waals surface area contributed by atoms with Crippen molar-refractivity contribution in [1.29, 1.82) is 0 Å². The first-order valence-corrected chi connectivity index (χ1v) is 8.66. The van der Waals surface area contributed by atoms with Gasteiger partial charge in [0, 0.05) is 23.6 Å². The lowest BCUT2D eigenvalue weighted by molar-refractivity contribution is 0.250. The standard InChI is InChI=1S/C13H19BrN2O2S/c1-10(15)11-6-8-16(9-7-11)19(17,18)13-5-3-2-4-12(13)14/h2-5,10-11H,6-9,15H2,1H3. The van der Waals surface area contributed by atoms with Crippen molar-refractivity contribution in [2.45, 2.75) is 30.7 Å². The van der Waals surface area contributed by atoms with Crippen molar-refractivity contribution < 1.29 is 8.42 Å². The van der Waals surface area contributed by atoms with E-state index in [0.717, 1.165) is 12.8 Å². The molecule has 1 unspecified atom stereocenters. The van der Waals surface area contributed by atoms with Crippen molar-refractivity contribution in [1.82, 2.24) is 4.31 Å². The van der Waals surface area contributed by atoms with Gasteiger partial charge in [-0.2, -0.15) is 4.31 Å². The van der Waals surface area contributed by atoms with Crippen LogP contribution in [-0.4, -0.2) is 31.9 Å². The van der Waals surface area contributed by atoms with Crippen molar-refractivity contribution in [2.75, 3.05) is 13.1 Å². The highest BCUT2D eigenvalue weighted by Crippen LogP contribution is 2.28. The van der Waals surface area contributed by atoms with E-state index >= 15 is 0 Å². The van der Waals surface area contributed by atoms with Gasteiger partial charge in [0.15, 0.2) is 0 Å². The van der Waals surface area contributed by atoms with E-state index in [1.807, 2.05) is 13.0 Å². The molecule has 1 aliphatic rings. The van der Waals surface area contributed by atoms with Crippen LogP contribution in [0.25, 0.3) is 0 Å². The molecule has 0 aromatic heterocycles. The van der Waals surface area contributed by atoms with E-state index in [1.54, 1.807) is 22.5 Å². The van der Waals surface area contributed by atoms with Gasteiger partial charge in [-0.3, -0.25) is 0 Å². The summed E-state index contributed by atoms with van der Waals surface area (Å²) in [6, 6.07) is 7.07. The number of nitrogens with zero attached hydrogens (tertiary/aromatic N) is 1. The van der Waals surface area contributed by atoms with Gasteiger partial charge in [-0.1, -0.05) is 12.1 Å². The van der Waals surface area contributed by atoms with Gasteiger partial charge in [0.05, 0.1) is 4.90 Å². The average Bonchev–Trinajstić information content (AvgIpc) is 2.39. The molecule has 1 aromatic rings. The minimum Gasteiger partial charge on any atom is -0.328 e. The summed E-state index contributed by atoms with van der Waals surface area (Å²) in [6.07, 6.45) is 1.67. The number of hydrogen-bond donors (Lipinski definition) is 1. The molecule has 1 aromatic carbocycles. The summed E-state index contributed by atoms with van der Waals surface area (Å²) < 4.78 is 27.3. The Bertz CT molecular complexity index is 537. The third-order valence-electron chi connectivity index (χ3n) is 3.70. The Balaban J connectivity index is 2.17. The van der Waals surface area contributed by atoms with Crippen molar-refractivity contribution in [3.63, 3.8) is 0 Å². The average molecular weight is 347 g/mol. The van der Waals surface area contributed by atoms with E-state index in [1.165, 1.54) is 0 Å². The molecule has 1 aliphatic heterocycles. The lowest BCUT2D eigenvalue weighted by Gasteiger charge is -2.33. The van der Waals surface area contributed by atoms with Crippen LogP contribution in [0.2, 0.25) is 0 Å². The monoisotopic (exact) mass is 346 g/mol. The molecule has 1 fully saturated rings.